The molecule has 1 heterocycles. The molecule has 2 N–H and O–H groups in total. The number of carbonyl (C=O) groups is 2. The normalized spacial score (nSPS) is 11.3. The van der Waals surface area contributed by atoms with E-state index in [1.807, 2.05) is 0 Å². The van der Waals surface area contributed by atoms with Crippen molar-refractivity contribution >= 4 is 34.5 Å². The maximum Gasteiger partial charge on any atom is 0.418 e. The van der Waals surface area contributed by atoms with Gasteiger partial charge in [-0.05, 0) is 49.4 Å². The van der Waals surface area contributed by atoms with Gasteiger partial charge < -0.3 is 15.2 Å². The Morgan fingerprint density at radius 3 is 2.34 bits per heavy atom. The van der Waals surface area contributed by atoms with E-state index in [2.05, 4.69) is 10.6 Å². The molecule has 0 atom stereocenters. The lowest BCUT2D eigenvalue weighted by atomic mass is 10.1. The van der Waals surface area contributed by atoms with Gasteiger partial charge >= 0.3 is 11.0 Å². The van der Waals surface area contributed by atoms with Crippen LogP contribution in [-0.2, 0) is 17.5 Å². The van der Waals surface area contributed by atoms with Gasteiger partial charge in [-0.15, -0.1) is 0 Å². The maximum atomic E-state index is 13.5. The first-order valence-electron chi connectivity index (χ1n) is 9.27. The molecule has 1 aromatic heterocycles. The fourth-order valence-corrected chi connectivity index (χ4v) is 3.63. The molecule has 0 radical (unpaired) electrons. The van der Waals surface area contributed by atoms with E-state index in [0.717, 1.165) is 29.5 Å². The molecule has 2 aromatic carbocycles. The van der Waals surface area contributed by atoms with Crippen molar-refractivity contribution in [3.05, 3.63) is 80.2 Å². The molecule has 0 unspecified atom stereocenters. The van der Waals surface area contributed by atoms with Gasteiger partial charge in [0.2, 0.25) is 5.91 Å². The summed E-state index contributed by atoms with van der Waals surface area (Å²) >= 11 is 0.972. The lowest BCUT2D eigenvalue weighted by molar-refractivity contribution is -0.136. The van der Waals surface area contributed by atoms with E-state index in [1.54, 1.807) is 12.3 Å². The van der Waals surface area contributed by atoms with E-state index in [9.17, 15) is 31.9 Å². The van der Waals surface area contributed by atoms with E-state index < -0.39 is 35.1 Å². The third kappa shape index (κ3) is 5.61. The molecule has 2 amide bonds. The summed E-state index contributed by atoms with van der Waals surface area (Å²) in [6.45, 7) is 1.73. The number of rotatable bonds is 6. The Morgan fingerprint density at radius 2 is 1.75 bits per heavy atom. The molecule has 3 aromatic rings. The Bertz CT molecular complexity index is 1200. The zero-order chi connectivity index (χ0) is 23.5. The number of thiazole rings is 1. The number of hydrogen-bond acceptors (Lipinski definition) is 4. The first-order valence-corrected chi connectivity index (χ1v) is 10.2. The van der Waals surface area contributed by atoms with Gasteiger partial charge in [0, 0.05) is 35.3 Å². The predicted octanol–water partition coefficient (Wildman–Crippen LogP) is 4.66. The summed E-state index contributed by atoms with van der Waals surface area (Å²) in [6.07, 6.45) is -5.00. The van der Waals surface area contributed by atoms with Gasteiger partial charge in [-0.3, -0.25) is 14.4 Å². The third-order valence-corrected chi connectivity index (χ3v) is 5.38. The summed E-state index contributed by atoms with van der Waals surface area (Å²) in [5, 5.41) is 6.15. The summed E-state index contributed by atoms with van der Waals surface area (Å²) in [4.78, 5) is 35.8. The number of aromatic nitrogens is 1. The molecule has 32 heavy (non-hydrogen) atoms. The van der Waals surface area contributed by atoms with Crippen LogP contribution in [-0.4, -0.2) is 16.4 Å². The Morgan fingerprint density at radius 1 is 1.06 bits per heavy atom. The minimum absolute atomic E-state index is 0.0349. The number of nitrogens with one attached hydrogen (secondary N) is 2. The van der Waals surface area contributed by atoms with Gasteiger partial charge in [-0.25, -0.2) is 4.39 Å². The van der Waals surface area contributed by atoms with Crippen LogP contribution in [0.3, 0.4) is 0 Å². The summed E-state index contributed by atoms with van der Waals surface area (Å²) in [5.41, 5.74) is -1.05. The molecule has 0 bridgehead atoms. The molecule has 0 aliphatic heterocycles. The van der Waals surface area contributed by atoms with Crippen LogP contribution in [0.2, 0.25) is 0 Å². The molecule has 0 aliphatic carbocycles. The van der Waals surface area contributed by atoms with E-state index in [0.29, 0.717) is 11.8 Å². The first-order chi connectivity index (χ1) is 15.0. The highest BCUT2D eigenvalue weighted by Gasteiger charge is 2.34. The molecule has 168 valence electrons. The maximum absolute atomic E-state index is 13.5. The third-order valence-electron chi connectivity index (χ3n) is 4.50. The second kappa shape index (κ2) is 9.35. The fraction of sp³-hybridized carbons (Fsp3) is 0.190. The number of aryl methyl sites for hydroxylation is 1. The summed E-state index contributed by atoms with van der Waals surface area (Å²) in [7, 11) is 0. The standard InChI is InChI=1S/C21H17F4N3O3S/c1-12-11-32-20(31)28(12)9-8-18(29)27-17-7-6-15(10-16(17)21(23,24)25)26-19(30)13-2-4-14(22)5-3-13/h2-7,10-11H,8-9H2,1H3,(H,26,30)(H,27,29). The number of hydrogen-bond donors (Lipinski definition) is 2. The molecule has 0 spiro atoms. The first kappa shape index (κ1) is 23.2. The predicted molar refractivity (Wildman–Crippen MR) is 112 cm³/mol. The second-order valence-corrected chi connectivity index (χ2v) is 7.63. The van der Waals surface area contributed by atoms with Crippen molar-refractivity contribution < 1.29 is 27.2 Å². The van der Waals surface area contributed by atoms with E-state index >= 15 is 0 Å². The largest absolute Gasteiger partial charge is 0.418 e. The van der Waals surface area contributed by atoms with Crippen LogP contribution in [0.4, 0.5) is 28.9 Å². The number of carbonyl (C=O) groups excluding carboxylic acids is 2. The van der Waals surface area contributed by atoms with Crippen molar-refractivity contribution in [3.8, 4) is 0 Å². The van der Waals surface area contributed by atoms with Crippen LogP contribution in [0.15, 0.2) is 52.6 Å². The Balaban J connectivity index is 1.74. The zero-order valence-corrected chi connectivity index (χ0v) is 17.4. The number of alkyl halides is 3. The van der Waals surface area contributed by atoms with Crippen LogP contribution in [0, 0.1) is 12.7 Å². The Labute approximate surface area is 183 Å². The lowest BCUT2D eigenvalue weighted by Gasteiger charge is -2.16. The van der Waals surface area contributed by atoms with E-state index in [4.69, 9.17) is 0 Å². The molecule has 0 aliphatic rings. The van der Waals surface area contributed by atoms with Crippen molar-refractivity contribution in [2.45, 2.75) is 26.1 Å². The number of amides is 2. The van der Waals surface area contributed by atoms with Gasteiger partial charge in [0.15, 0.2) is 0 Å². The van der Waals surface area contributed by atoms with Crippen LogP contribution in [0.25, 0.3) is 0 Å². The van der Waals surface area contributed by atoms with Crippen LogP contribution in [0.1, 0.15) is 28.0 Å². The van der Waals surface area contributed by atoms with Crippen LogP contribution in [0.5, 0.6) is 0 Å². The molecular formula is C21H17F4N3O3S. The van der Waals surface area contributed by atoms with Gasteiger partial charge in [-0.2, -0.15) is 13.2 Å². The monoisotopic (exact) mass is 467 g/mol. The number of anilines is 2. The highest BCUT2D eigenvalue weighted by molar-refractivity contribution is 7.07. The Hall–Kier alpha value is -3.47. The lowest BCUT2D eigenvalue weighted by Crippen LogP contribution is -2.21. The van der Waals surface area contributed by atoms with Crippen molar-refractivity contribution in [2.75, 3.05) is 10.6 Å². The summed E-state index contributed by atoms with van der Waals surface area (Å²) in [5.74, 6) is -1.97. The fourth-order valence-electron chi connectivity index (χ4n) is 2.87. The van der Waals surface area contributed by atoms with Gasteiger partial charge in [0.25, 0.3) is 5.91 Å². The number of nitrogens with zero attached hydrogens (tertiary/aromatic N) is 1. The zero-order valence-electron chi connectivity index (χ0n) is 16.6. The van der Waals surface area contributed by atoms with Gasteiger partial charge in [0.05, 0.1) is 11.3 Å². The highest BCUT2D eigenvalue weighted by atomic mass is 32.1. The highest BCUT2D eigenvalue weighted by Crippen LogP contribution is 2.36. The molecule has 0 saturated carbocycles. The van der Waals surface area contributed by atoms with E-state index in [1.165, 1.54) is 22.8 Å². The number of benzene rings is 2. The van der Waals surface area contributed by atoms with Crippen LogP contribution < -0.4 is 15.5 Å². The number of halogens is 4. The second-order valence-electron chi connectivity index (χ2n) is 6.81. The summed E-state index contributed by atoms with van der Waals surface area (Å²) < 4.78 is 55.0. The minimum atomic E-state index is -4.81. The molecule has 11 heteroatoms. The quantitative estimate of drug-likeness (QED) is 0.518. The molecular weight excluding hydrogens is 450 g/mol. The molecule has 3 rings (SSSR count). The van der Waals surface area contributed by atoms with Gasteiger partial charge in [-0.1, -0.05) is 11.3 Å². The van der Waals surface area contributed by atoms with Crippen LogP contribution >= 0.6 is 11.3 Å². The summed E-state index contributed by atoms with van der Waals surface area (Å²) in [6, 6.07) is 7.45. The average molecular weight is 467 g/mol. The van der Waals surface area contributed by atoms with Crippen molar-refractivity contribution in [1.82, 2.24) is 4.57 Å². The van der Waals surface area contributed by atoms with Crippen molar-refractivity contribution in [2.24, 2.45) is 0 Å². The minimum Gasteiger partial charge on any atom is -0.325 e. The smallest absolute Gasteiger partial charge is 0.325 e. The molecule has 0 saturated heterocycles. The molecule has 0 fully saturated rings. The molecule has 6 nitrogen and oxygen atoms in total. The SMILES string of the molecule is Cc1csc(=O)n1CCC(=O)Nc1ccc(NC(=O)c2ccc(F)cc2)cc1C(F)(F)F. The Kier molecular flexibility index (Phi) is 6.78. The van der Waals surface area contributed by atoms with Crippen molar-refractivity contribution in [3.63, 3.8) is 0 Å². The van der Waals surface area contributed by atoms with Gasteiger partial charge in [0.1, 0.15) is 5.82 Å². The average Bonchev–Trinajstić information content (AvgIpc) is 3.04. The van der Waals surface area contributed by atoms with E-state index in [-0.39, 0.29) is 29.1 Å². The topological polar surface area (TPSA) is 80.2 Å². The van der Waals surface area contributed by atoms with Crippen molar-refractivity contribution in [1.29, 1.82) is 0 Å².